The van der Waals surface area contributed by atoms with E-state index < -0.39 is 49.9 Å². The molecule has 0 aromatic carbocycles. The molecule has 278 valence electrons. The summed E-state index contributed by atoms with van der Waals surface area (Å²) >= 11 is 5.86. The molecule has 0 heterocycles. The first-order valence-corrected chi connectivity index (χ1v) is 19.9. The number of ether oxygens (including phenoxy) is 2. The molecule has 0 unspecified atom stereocenters. The van der Waals surface area contributed by atoms with Gasteiger partial charge < -0.3 is 35.4 Å². The number of halogens is 1. The number of amides is 3. The van der Waals surface area contributed by atoms with Crippen LogP contribution < -0.4 is 16.4 Å². The molecule has 0 saturated heterocycles. The molecule has 0 aliphatic heterocycles. The second-order valence-corrected chi connectivity index (χ2v) is 20.2. The average molecular weight is 724 g/mol. The van der Waals surface area contributed by atoms with E-state index in [4.69, 9.17) is 31.2 Å². The van der Waals surface area contributed by atoms with Crippen LogP contribution in [-0.4, -0.2) is 63.3 Å². The monoisotopic (exact) mass is 723 g/mol. The van der Waals surface area contributed by atoms with E-state index in [2.05, 4.69) is 44.5 Å². The highest BCUT2D eigenvalue weighted by Gasteiger charge is 2.37. The maximum atomic E-state index is 13.0. The quantitative estimate of drug-likeness (QED) is 0.0466. The van der Waals surface area contributed by atoms with E-state index in [1.165, 1.54) is 12.3 Å². The third-order valence-electron chi connectivity index (χ3n) is 8.18. The fourth-order valence-electron chi connectivity index (χ4n) is 4.03. The molecule has 10 nitrogen and oxygen atoms in total. The number of nitrogens with two attached hydrogens (primary N) is 1. The van der Waals surface area contributed by atoms with Gasteiger partial charge in [0, 0.05) is 29.9 Å². The zero-order valence-electron chi connectivity index (χ0n) is 31.7. The minimum Gasteiger partial charge on any atom is -0.499 e. The van der Waals surface area contributed by atoms with E-state index in [9.17, 15) is 19.5 Å². The van der Waals surface area contributed by atoms with Crippen LogP contribution >= 0.6 is 11.6 Å². The van der Waals surface area contributed by atoms with Gasteiger partial charge in [0.2, 0.25) is 11.8 Å². The Hall–Kier alpha value is -3.12. The Morgan fingerprint density at radius 1 is 0.980 bits per heavy atom. The molecule has 0 spiro atoms. The maximum Gasteiger partial charge on any atom is 0.404 e. The van der Waals surface area contributed by atoms with E-state index >= 15 is 0 Å². The summed E-state index contributed by atoms with van der Waals surface area (Å²) in [6.45, 7) is 22.4. The minimum atomic E-state index is -1.92. The van der Waals surface area contributed by atoms with Crippen LogP contribution in [0.3, 0.4) is 0 Å². The van der Waals surface area contributed by atoms with Crippen molar-refractivity contribution in [3.63, 3.8) is 0 Å². The second kappa shape index (κ2) is 21.9. The molecule has 0 saturated carbocycles. The van der Waals surface area contributed by atoms with Gasteiger partial charge in [0.25, 0.3) is 0 Å². The van der Waals surface area contributed by atoms with Crippen molar-refractivity contribution in [2.45, 2.75) is 118 Å². The van der Waals surface area contributed by atoms with E-state index in [-0.39, 0.29) is 11.0 Å². The van der Waals surface area contributed by atoms with Crippen LogP contribution in [0.4, 0.5) is 4.79 Å². The average Bonchev–Trinajstić information content (AvgIpc) is 2.97. The van der Waals surface area contributed by atoms with Crippen molar-refractivity contribution in [2.75, 3.05) is 13.7 Å². The molecule has 0 aliphatic rings. The summed E-state index contributed by atoms with van der Waals surface area (Å²) in [7, 11) is -0.304. The minimum absolute atomic E-state index is 0.0954. The van der Waals surface area contributed by atoms with Crippen LogP contribution in [0.15, 0.2) is 71.2 Å². The predicted octanol–water partition coefficient (Wildman–Crippen LogP) is 7.53. The molecule has 0 aromatic heterocycles. The summed E-state index contributed by atoms with van der Waals surface area (Å²) in [5.41, 5.74) is 5.49. The highest BCUT2D eigenvalue weighted by atomic mass is 35.5. The molecule has 0 rings (SSSR count). The molecule has 12 heteroatoms. The smallest absolute Gasteiger partial charge is 0.404 e. The molecule has 4 atom stereocenters. The number of nitrogens with one attached hydrogen (secondary N) is 2. The number of hydrogen-bond donors (Lipinski definition) is 4. The van der Waals surface area contributed by atoms with Gasteiger partial charge in [-0.15, -0.1) is 0 Å². The molecule has 49 heavy (non-hydrogen) atoms. The number of carbonyl (C=O) groups excluding carboxylic acids is 3. The van der Waals surface area contributed by atoms with Crippen molar-refractivity contribution >= 4 is 37.8 Å². The van der Waals surface area contributed by atoms with Crippen molar-refractivity contribution in [2.24, 2.45) is 17.1 Å². The van der Waals surface area contributed by atoms with Crippen molar-refractivity contribution in [3.05, 3.63) is 71.2 Å². The summed E-state index contributed by atoms with van der Waals surface area (Å²) in [5, 5.41) is 16.8. The standard InChI is InChI=1S/C37H62ClN3O7Si/c1-26(24-27(2)31(42)22-21-30(46-10)25-47-49(11,12)37(7,8)9)16-13-14-18-32(43)41-33(36(4,5)6)34(44)40-23-15-17-29(48-35(39)45)20-19-28(3)38/h13-16,18-19,21,23-24,27,29,31,33,42H,17,20,22,25H2,1-12H3,(H2,39,45)(H,40,44)(H,41,43)/b16-13-,18-14-,23-15-,26-24+,28-19+,30-21+/t27-,29+,31-,33+/m0/s1. The Morgan fingerprint density at radius 2 is 1.59 bits per heavy atom. The van der Waals surface area contributed by atoms with Crippen molar-refractivity contribution in [1.29, 1.82) is 0 Å². The summed E-state index contributed by atoms with van der Waals surface area (Å²) in [5.74, 6) is -0.242. The van der Waals surface area contributed by atoms with Crippen LogP contribution in [0, 0.1) is 11.3 Å². The Morgan fingerprint density at radius 3 is 2.12 bits per heavy atom. The van der Waals surface area contributed by atoms with Gasteiger partial charge in [-0.05, 0) is 56.1 Å². The Balaban J connectivity index is 5.17. The second-order valence-electron chi connectivity index (χ2n) is 14.8. The first kappa shape index (κ1) is 45.9. The summed E-state index contributed by atoms with van der Waals surface area (Å²) in [4.78, 5) is 36.8. The lowest BCUT2D eigenvalue weighted by molar-refractivity contribution is -0.129. The zero-order chi connectivity index (χ0) is 38.0. The van der Waals surface area contributed by atoms with Gasteiger partial charge in [0.05, 0.1) is 19.8 Å². The predicted molar refractivity (Wildman–Crippen MR) is 202 cm³/mol. The first-order chi connectivity index (χ1) is 22.5. The van der Waals surface area contributed by atoms with Gasteiger partial charge >= 0.3 is 6.09 Å². The topological polar surface area (TPSA) is 149 Å². The SMILES string of the molecule is CO/C(=C/C[C@H](O)[C@@H](C)/C=C(C)/C=C\C=C/C(=O)N[C@H](C(=O)N/C=C\C[C@H](C/C=C(\C)Cl)OC(N)=O)C(C)(C)C)CO[Si](C)(C)C(C)(C)C. The maximum absolute atomic E-state index is 13.0. The number of rotatable bonds is 19. The number of carbonyl (C=O) groups is 3. The Bertz CT molecular complexity index is 1250. The van der Waals surface area contributed by atoms with E-state index in [0.717, 1.165) is 5.57 Å². The van der Waals surface area contributed by atoms with Gasteiger partial charge in [0.1, 0.15) is 17.9 Å². The van der Waals surface area contributed by atoms with Gasteiger partial charge in [-0.2, -0.15) is 0 Å². The summed E-state index contributed by atoms with van der Waals surface area (Å²) in [6, 6.07) is -0.826. The van der Waals surface area contributed by atoms with Crippen LogP contribution in [0.5, 0.6) is 0 Å². The largest absolute Gasteiger partial charge is 0.499 e. The van der Waals surface area contributed by atoms with Crippen LogP contribution in [0.25, 0.3) is 0 Å². The van der Waals surface area contributed by atoms with E-state index in [1.54, 1.807) is 38.3 Å². The van der Waals surface area contributed by atoms with Gasteiger partial charge in [0.15, 0.2) is 8.32 Å². The van der Waals surface area contributed by atoms with Crippen LogP contribution in [0.1, 0.15) is 81.6 Å². The number of allylic oxidation sites excluding steroid dienone is 5. The zero-order valence-corrected chi connectivity index (χ0v) is 33.4. The van der Waals surface area contributed by atoms with Crippen molar-refractivity contribution in [3.8, 4) is 0 Å². The van der Waals surface area contributed by atoms with Gasteiger partial charge in [-0.25, -0.2) is 4.79 Å². The molecule has 5 N–H and O–H groups in total. The Labute approximate surface area is 301 Å². The highest BCUT2D eigenvalue weighted by Crippen LogP contribution is 2.36. The highest BCUT2D eigenvalue weighted by molar-refractivity contribution is 6.74. The lowest BCUT2D eigenvalue weighted by Gasteiger charge is -2.36. The summed E-state index contributed by atoms with van der Waals surface area (Å²) in [6.07, 6.45) is 14.2. The summed E-state index contributed by atoms with van der Waals surface area (Å²) < 4.78 is 16.8. The molecular weight excluding hydrogens is 662 g/mol. The van der Waals surface area contributed by atoms with Crippen molar-refractivity contribution < 1.29 is 33.4 Å². The normalized spacial score (nSPS) is 16.5. The van der Waals surface area contributed by atoms with E-state index in [1.807, 2.05) is 52.8 Å². The van der Waals surface area contributed by atoms with Crippen LogP contribution in [-0.2, 0) is 23.5 Å². The first-order valence-electron chi connectivity index (χ1n) is 16.6. The number of aliphatic hydroxyl groups is 1. The third-order valence-corrected chi connectivity index (χ3v) is 12.8. The lowest BCUT2D eigenvalue weighted by atomic mass is 9.86. The fourth-order valence-corrected chi connectivity index (χ4v) is 5.05. The number of primary amides is 1. The molecular formula is C37H62ClN3O7Si. The third kappa shape index (κ3) is 20.2. The molecule has 0 radical (unpaired) electrons. The van der Waals surface area contributed by atoms with E-state index in [0.29, 0.717) is 36.7 Å². The van der Waals surface area contributed by atoms with Gasteiger partial charge in [-0.1, -0.05) is 102 Å². The van der Waals surface area contributed by atoms with Crippen molar-refractivity contribution in [1.82, 2.24) is 10.6 Å². The fraction of sp³-hybridized carbons (Fsp3) is 0.595. The number of aliphatic hydroxyl groups excluding tert-OH is 1. The Kier molecular flexibility index (Phi) is 20.5. The molecule has 0 aromatic rings. The number of methoxy groups -OCH3 is 1. The molecule has 0 bridgehead atoms. The molecule has 0 aliphatic carbocycles. The lowest BCUT2D eigenvalue weighted by Crippen LogP contribution is -2.52. The van der Waals surface area contributed by atoms with Crippen LogP contribution in [0.2, 0.25) is 18.1 Å². The van der Waals surface area contributed by atoms with Gasteiger partial charge in [-0.3, -0.25) is 9.59 Å². The molecule has 3 amide bonds. The molecule has 0 fully saturated rings. The number of hydrogen-bond acceptors (Lipinski definition) is 7.